The van der Waals surface area contributed by atoms with E-state index in [-0.39, 0.29) is 30.5 Å². The van der Waals surface area contributed by atoms with Crippen molar-refractivity contribution in [2.75, 3.05) is 23.9 Å². The Morgan fingerprint density at radius 2 is 2.07 bits per heavy atom. The lowest BCUT2D eigenvalue weighted by Gasteiger charge is -2.17. The molecule has 1 saturated heterocycles. The first-order valence-corrected chi connectivity index (χ1v) is 8.39. The Morgan fingerprint density at radius 1 is 1.30 bits per heavy atom. The zero-order valence-corrected chi connectivity index (χ0v) is 15.0. The number of nitro groups is 1. The standard InChI is InChI=1S/C19H19N3O5/c1-12-8-15(22(25)26)6-7-17(12)20-19(24)13-9-18(23)21(11-13)14-4-3-5-16(10-14)27-2/h3-8,10,13H,9,11H2,1-2H3,(H,20,24)/t13-/m0/s1. The Morgan fingerprint density at radius 3 is 2.74 bits per heavy atom. The number of nitrogens with one attached hydrogen (secondary N) is 1. The molecule has 0 aromatic heterocycles. The maximum atomic E-state index is 12.6. The molecule has 2 aromatic carbocycles. The van der Waals surface area contributed by atoms with Crippen molar-refractivity contribution in [2.45, 2.75) is 13.3 Å². The van der Waals surface area contributed by atoms with Gasteiger partial charge in [-0.15, -0.1) is 0 Å². The fraction of sp³-hybridized carbons (Fsp3) is 0.263. The highest BCUT2D eigenvalue weighted by Crippen LogP contribution is 2.29. The molecule has 0 spiro atoms. The van der Waals surface area contributed by atoms with Crippen LogP contribution in [0.1, 0.15) is 12.0 Å². The molecule has 1 N–H and O–H groups in total. The Balaban J connectivity index is 1.71. The Hall–Kier alpha value is -3.42. The maximum absolute atomic E-state index is 12.6. The summed E-state index contributed by atoms with van der Waals surface area (Å²) in [5, 5.41) is 13.6. The molecule has 3 rings (SSSR count). The second-order valence-electron chi connectivity index (χ2n) is 6.35. The molecule has 1 aliphatic rings. The highest BCUT2D eigenvalue weighted by atomic mass is 16.6. The van der Waals surface area contributed by atoms with Crippen molar-refractivity contribution in [1.82, 2.24) is 0 Å². The van der Waals surface area contributed by atoms with Gasteiger partial charge in [0.15, 0.2) is 0 Å². The molecule has 0 saturated carbocycles. The topological polar surface area (TPSA) is 102 Å². The summed E-state index contributed by atoms with van der Waals surface area (Å²) in [6.07, 6.45) is 0.106. The molecule has 8 heteroatoms. The van der Waals surface area contributed by atoms with Crippen LogP contribution in [0.4, 0.5) is 17.1 Å². The molecule has 8 nitrogen and oxygen atoms in total. The number of nitrogens with zero attached hydrogens (tertiary/aromatic N) is 2. The summed E-state index contributed by atoms with van der Waals surface area (Å²) in [6, 6.07) is 11.4. The lowest BCUT2D eigenvalue weighted by Crippen LogP contribution is -2.28. The fourth-order valence-corrected chi connectivity index (χ4v) is 3.05. The normalized spacial score (nSPS) is 16.3. The van der Waals surface area contributed by atoms with E-state index in [4.69, 9.17) is 4.74 Å². The van der Waals surface area contributed by atoms with Crippen LogP contribution in [0.15, 0.2) is 42.5 Å². The maximum Gasteiger partial charge on any atom is 0.269 e. The lowest BCUT2D eigenvalue weighted by molar-refractivity contribution is -0.384. The van der Waals surface area contributed by atoms with E-state index in [0.717, 1.165) is 0 Å². The third-order valence-electron chi connectivity index (χ3n) is 4.54. The van der Waals surface area contributed by atoms with E-state index in [1.807, 2.05) is 0 Å². The summed E-state index contributed by atoms with van der Waals surface area (Å²) < 4.78 is 5.18. The number of aryl methyl sites for hydroxylation is 1. The van der Waals surface area contributed by atoms with Gasteiger partial charge in [0.1, 0.15) is 5.75 Å². The predicted molar refractivity (Wildman–Crippen MR) is 99.9 cm³/mol. The van der Waals surface area contributed by atoms with Crippen LogP contribution >= 0.6 is 0 Å². The number of anilines is 2. The zero-order valence-electron chi connectivity index (χ0n) is 15.0. The van der Waals surface area contributed by atoms with Crippen LogP contribution in [0, 0.1) is 23.0 Å². The summed E-state index contributed by atoms with van der Waals surface area (Å²) in [5.74, 6) is -0.289. The molecule has 1 fully saturated rings. The summed E-state index contributed by atoms with van der Waals surface area (Å²) in [5.41, 5.74) is 1.73. The number of carbonyl (C=O) groups is 2. The third-order valence-corrected chi connectivity index (χ3v) is 4.54. The minimum atomic E-state index is -0.502. The molecular formula is C19H19N3O5. The number of amides is 2. The van der Waals surface area contributed by atoms with Gasteiger partial charge in [0.05, 0.1) is 18.0 Å². The van der Waals surface area contributed by atoms with Gasteiger partial charge in [0, 0.05) is 42.5 Å². The second-order valence-corrected chi connectivity index (χ2v) is 6.35. The van der Waals surface area contributed by atoms with Crippen LogP contribution in [0.5, 0.6) is 5.75 Å². The quantitative estimate of drug-likeness (QED) is 0.645. The largest absolute Gasteiger partial charge is 0.497 e. The first-order chi connectivity index (χ1) is 12.9. The van der Waals surface area contributed by atoms with Gasteiger partial charge in [-0.1, -0.05) is 6.07 Å². The number of rotatable bonds is 5. The van der Waals surface area contributed by atoms with Crippen molar-refractivity contribution in [3.05, 3.63) is 58.1 Å². The van der Waals surface area contributed by atoms with Crippen molar-refractivity contribution < 1.29 is 19.2 Å². The summed E-state index contributed by atoms with van der Waals surface area (Å²) >= 11 is 0. The van der Waals surface area contributed by atoms with Crippen molar-refractivity contribution in [3.63, 3.8) is 0 Å². The van der Waals surface area contributed by atoms with Crippen molar-refractivity contribution >= 4 is 28.9 Å². The Labute approximate surface area is 155 Å². The van der Waals surface area contributed by atoms with Gasteiger partial charge in [-0.2, -0.15) is 0 Å². The number of carbonyl (C=O) groups excluding carboxylic acids is 2. The summed E-state index contributed by atoms with van der Waals surface area (Å²) in [4.78, 5) is 36.8. The summed E-state index contributed by atoms with van der Waals surface area (Å²) in [7, 11) is 1.55. The van der Waals surface area contributed by atoms with E-state index in [2.05, 4.69) is 5.32 Å². The number of methoxy groups -OCH3 is 1. The van der Waals surface area contributed by atoms with Gasteiger partial charge >= 0.3 is 0 Å². The van der Waals surface area contributed by atoms with Gasteiger partial charge < -0.3 is 15.0 Å². The zero-order chi connectivity index (χ0) is 19.6. The van der Waals surface area contributed by atoms with Crippen molar-refractivity contribution in [2.24, 2.45) is 5.92 Å². The Bertz CT molecular complexity index is 912. The number of hydrogen-bond donors (Lipinski definition) is 1. The van der Waals surface area contributed by atoms with Gasteiger partial charge in [0.2, 0.25) is 11.8 Å². The fourth-order valence-electron chi connectivity index (χ4n) is 3.05. The van der Waals surface area contributed by atoms with Crippen LogP contribution in [0.2, 0.25) is 0 Å². The molecule has 140 valence electrons. The second kappa shape index (κ2) is 7.45. The van der Waals surface area contributed by atoms with E-state index < -0.39 is 10.8 Å². The molecule has 27 heavy (non-hydrogen) atoms. The molecule has 0 unspecified atom stereocenters. The van der Waals surface area contributed by atoms with Crippen LogP contribution in [0.25, 0.3) is 0 Å². The molecule has 2 aromatic rings. The summed E-state index contributed by atoms with van der Waals surface area (Å²) in [6.45, 7) is 1.95. The monoisotopic (exact) mass is 369 g/mol. The van der Waals surface area contributed by atoms with E-state index in [1.54, 1.807) is 43.2 Å². The molecule has 1 aliphatic heterocycles. The molecule has 0 aliphatic carbocycles. The molecule has 1 atom stereocenters. The molecular weight excluding hydrogens is 350 g/mol. The smallest absolute Gasteiger partial charge is 0.269 e. The van der Waals surface area contributed by atoms with E-state index in [0.29, 0.717) is 22.7 Å². The van der Waals surface area contributed by atoms with Crippen molar-refractivity contribution in [3.8, 4) is 5.75 Å². The lowest BCUT2D eigenvalue weighted by atomic mass is 10.1. The van der Waals surface area contributed by atoms with Gasteiger partial charge in [-0.05, 0) is 30.7 Å². The first kappa shape index (κ1) is 18.4. The molecule has 0 radical (unpaired) electrons. The SMILES string of the molecule is COc1cccc(N2C[C@@H](C(=O)Nc3ccc([N+](=O)[O-])cc3C)CC2=O)c1. The number of benzene rings is 2. The number of non-ortho nitro benzene ring substituents is 1. The highest BCUT2D eigenvalue weighted by Gasteiger charge is 2.35. The Kier molecular flexibility index (Phi) is 5.07. The minimum Gasteiger partial charge on any atom is -0.497 e. The van der Waals surface area contributed by atoms with Gasteiger partial charge in [-0.25, -0.2) is 0 Å². The van der Waals surface area contributed by atoms with Crippen LogP contribution < -0.4 is 15.0 Å². The van der Waals surface area contributed by atoms with Crippen LogP contribution in [-0.2, 0) is 9.59 Å². The molecule has 1 heterocycles. The van der Waals surface area contributed by atoms with E-state index >= 15 is 0 Å². The van der Waals surface area contributed by atoms with Gasteiger partial charge in [-0.3, -0.25) is 19.7 Å². The highest BCUT2D eigenvalue weighted by molar-refractivity contribution is 6.03. The van der Waals surface area contributed by atoms with E-state index in [1.165, 1.54) is 18.2 Å². The third kappa shape index (κ3) is 3.89. The number of ether oxygens (including phenoxy) is 1. The van der Waals surface area contributed by atoms with Crippen LogP contribution in [-0.4, -0.2) is 30.4 Å². The van der Waals surface area contributed by atoms with Crippen LogP contribution in [0.3, 0.4) is 0 Å². The molecule has 0 bridgehead atoms. The molecule has 2 amide bonds. The predicted octanol–water partition coefficient (Wildman–Crippen LogP) is 2.90. The number of nitro benzene ring substituents is 1. The van der Waals surface area contributed by atoms with Gasteiger partial charge in [0.25, 0.3) is 5.69 Å². The minimum absolute atomic E-state index is 0.0363. The number of hydrogen-bond acceptors (Lipinski definition) is 5. The average molecular weight is 369 g/mol. The average Bonchev–Trinajstić information content (AvgIpc) is 3.05. The van der Waals surface area contributed by atoms with E-state index in [9.17, 15) is 19.7 Å². The van der Waals surface area contributed by atoms with Crippen molar-refractivity contribution in [1.29, 1.82) is 0 Å². The first-order valence-electron chi connectivity index (χ1n) is 8.39.